The molecule has 6 heteroatoms. The van der Waals surface area contributed by atoms with Crippen LogP contribution in [0.3, 0.4) is 0 Å². The molecule has 0 bridgehead atoms. The molecule has 0 radical (unpaired) electrons. The van der Waals surface area contributed by atoms with Gasteiger partial charge in [0.2, 0.25) is 5.91 Å². The van der Waals surface area contributed by atoms with Crippen LogP contribution in [0.1, 0.15) is 44.7 Å². The molecule has 2 aliphatic heterocycles. The van der Waals surface area contributed by atoms with Crippen LogP contribution in [-0.2, 0) is 4.79 Å². The molecule has 3 rings (SSSR count). The summed E-state index contributed by atoms with van der Waals surface area (Å²) in [5, 5.41) is 6.61. The summed E-state index contributed by atoms with van der Waals surface area (Å²) in [7, 11) is 0. The van der Waals surface area contributed by atoms with Crippen LogP contribution < -0.4 is 20.1 Å². The Morgan fingerprint density at radius 3 is 2.79 bits per heavy atom. The highest BCUT2D eigenvalue weighted by Gasteiger charge is 2.26. The van der Waals surface area contributed by atoms with E-state index in [2.05, 4.69) is 24.5 Å². The van der Waals surface area contributed by atoms with Crippen molar-refractivity contribution in [1.82, 2.24) is 10.6 Å². The average Bonchev–Trinajstić information content (AvgIpc) is 2.59. The van der Waals surface area contributed by atoms with Crippen molar-refractivity contribution in [2.24, 2.45) is 5.92 Å². The summed E-state index contributed by atoms with van der Waals surface area (Å²) in [4.78, 5) is 12.6. The van der Waals surface area contributed by atoms with Crippen LogP contribution in [0, 0.1) is 5.92 Å². The standard InChI is InChI=1S/C18H26N2O3.ClH/c1-3-15(20-18(21)14-6-7-19-12(2)10-14)13-4-5-16-17(11-13)23-9-8-22-16;/h4-5,11-12,14-15,19H,3,6-10H2,1-2H3,(H,20,21);1H/t12-,14-,15?;/m0./s1. The maximum atomic E-state index is 12.6. The van der Waals surface area contributed by atoms with Gasteiger partial charge in [0.1, 0.15) is 13.2 Å². The van der Waals surface area contributed by atoms with Gasteiger partial charge in [-0.3, -0.25) is 4.79 Å². The SMILES string of the molecule is CCC(NC(=O)[C@H]1CCN[C@@H](C)C1)c1ccc2c(c1)OCCO2.Cl. The molecule has 1 amide bonds. The quantitative estimate of drug-likeness (QED) is 0.872. The number of hydrogen-bond donors (Lipinski definition) is 2. The summed E-state index contributed by atoms with van der Waals surface area (Å²) in [6.45, 7) is 6.31. The lowest BCUT2D eigenvalue weighted by Gasteiger charge is -2.29. The number of rotatable bonds is 4. The van der Waals surface area contributed by atoms with E-state index in [-0.39, 0.29) is 30.3 Å². The Balaban J connectivity index is 0.00000208. The average molecular weight is 355 g/mol. The van der Waals surface area contributed by atoms with Gasteiger partial charge in [-0.2, -0.15) is 0 Å². The van der Waals surface area contributed by atoms with Crippen molar-refractivity contribution in [2.75, 3.05) is 19.8 Å². The molecular weight excluding hydrogens is 328 g/mol. The van der Waals surface area contributed by atoms with E-state index < -0.39 is 0 Å². The van der Waals surface area contributed by atoms with E-state index in [9.17, 15) is 4.79 Å². The second-order valence-electron chi connectivity index (χ2n) is 6.45. The summed E-state index contributed by atoms with van der Waals surface area (Å²) in [6, 6.07) is 6.38. The maximum absolute atomic E-state index is 12.6. The van der Waals surface area contributed by atoms with Crippen molar-refractivity contribution >= 4 is 18.3 Å². The fraction of sp³-hybridized carbons (Fsp3) is 0.611. The van der Waals surface area contributed by atoms with Gasteiger partial charge in [0, 0.05) is 12.0 Å². The zero-order valence-corrected chi connectivity index (χ0v) is 15.2. The molecule has 0 spiro atoms. The molecule has 0 aliphatic carbocycles. The van der Waals surface area contributed by atoms with Crippen molar-refractivity contribution in [2.45, 2.75) is 45.2 Å². The summed E-state index contributed by atoms with van der Waals surface area (Å²) >= 11 is 0. The highest BCUT2D eigenvalue weighted by atomic mass is 35.5. The Hall–Kier alpha value is -1.46. The lowest BCUT2D eigenvalue weighted by Crippen LogP contribution is -2.43. The van der Waals surface area contributed by atoms with Crippen LogP contribution >= 0.6 is 12.4 Å². The minimum Gasteiger partial charge on any atom is -0.486 e. The minimum atomic E-state index is 0. The number of ether oxygens (including phenoxy) is 2. The van der Waals surface area contributed by atoms with Gasteiger partial charge >= 0.3 is 0 Å². The summed E-state index contributed by atoms with van der Waals surface area (Å²) in [5.41, 5.74) is 1.08. The zero-order chi connectivity index (χ0) is 16.2. The number of piperidine rings is 1. The highest BCUT2D eigenvalue weighted by Crippen LogP contribution is 2.33. The van der Waals surface area contributed by atoms with Crippen LogP contribution in [0.2, 0.25) is 0 Å². The largest absolute Gasteiger partial charge is 0.486 e. The number of halogens is 1. The van der Waals surface area contributed by atoms with Gasteiger partial charge in [-0.05, 0) is 50.4 Å². The third kappa shape index (κ3) is 4.33. The van der Waals surface area contributed by atoms with Crippen molar-refractivity contribution < 1.29 is 14.3 Å². The molecule has 0 saturated carbocycles. The molecule has 2 aliphatic rings. The number of carbonyl (C=O) groups is 1. The molecule has 1 aromatic carbocycles. The Kier molecular flexibility index (Phi) is 6.75. The van der Waals surface area contributed by atoms with Crippen molar-refractivity contribution in [3.05, 3.63) is 23.8 Å². The minimum absolute atomic E-state index is 0. The summed E-state index contributed by atoms with van der Waals surface area (Å²) in [5.74, 6) is 1.84. The number of carbonyl (C=O) groups excluding carboxylic acids is 1. The first-order valence-electron chi connectivity index (χ1n) is 8.60. The second kappa shape index (κ2) is 8.58. The van der Waals surface area contributed by atoms with Crippen molar-refractivity contribution in [1.29, 1.82) is 0 Å². The number of nitrogens with one attached hydrogen (secondary N) is 2. The van der Waals surface area contributed by atoms with E-state index >= 15 is 0 Å². The molecule has 24 heavy (non-hydrogen) atoms. The molecule has 1 fully saturated rings. The van der Waals surface area contributed by atoms with Gasteiger partial charge in [0.15, 0.2) is 11.5 Å². The highest BCUT2D eigenvalue weighted by molar-refractivity contribution is 5.85. The molecule has 1 saturated heterocycles. The Labute approximate surface area is 149 Å². The van der Waals surface area contributed by atoms with Crippen LogP contribution in [0.5, 0.6) is 11.5 Å². The lowest BCUT2D eigenvalue weighted by molar-refractivity contribution is -0.126. The van der Waals surface area contributed by atoms with Gasteiger partial charge in [-0.15, -0.1) is 12.4 Å². The monoisotopic (exact) mass is 354 g/mol. The molecule has 3 atom stereocenters. The van der Waals surface area contributed by atoms with Gasteiger partial charge in [-0.25, -0.2) is 0 Å². The zero-order valence-electron chi connectivity index (χ0n) is 14.3. The van der Waals surface area contributed by atoms with E-state index in [1.54, 1.807) is 0 Å². The molecule has 0 aromatic heterocycles. The number of fused-ring (bicyclic) bond motifs is 1. The third-order valence-electron chi connectivity index (χ3n) is 4.69. The molecule has 5 nitrogen and oxygen atoms in total. The van der Waals surface area contributed by atoms with Crippen molar-refractivity contribution in [3.8, 4) is 11.5 Å². The number of amides is 1. The molecule has 2 heterocycles. The third-order valence-corrected chi connectivity index (χ3v) is 4.69. The summed E-state index contributed by atoms with van der Waals surface area (Å²) < 4.78 is 11.2. The van der Waals surface area contributed by atoms with E-state index in [4.69, 9.17) is 9.47 Å². The second-order valence-corrected chi connectivity index (χ2v) is 6.45. The lowest BCUT2D eigenvalue weighted by atomic mass is 9.91. The Morgan fingerprint density at radius 2 is 2.08 bits per heavy atom. The first kappa shape index (κ1) is 18.9. The molecule has 2 N–H and O–H groups in total. The summed E-state index contributed by atoms with van der Waals surface area (Å²) in [6.07, 6.45) is 2.67. The van der Waals surface area contributed by atoms with Crippen LogP contribution in [-0.4, -0.2) is 31.7 Å². The molecule has 134 valence electrons. The first-order valence-corrected chi connectivity index (χ1v) is 8.60. The Morgan fingerprint density at radius 1 is 1.33 bits per heavy atom. The molecule has 1 aromatic rings. The predicted molar refractivity (Wildman–Crippen MR) is 96.0 cm³/mol. The fourth-order valence-corrected chi connectivity index (χ4v) is 3.36. The maximum Gasteiger partial charge on any atom is 0.223 e. The normalized spacial score (nSPS) is 23.8. The van der Waals surface area contributed by atoms with Crippen molar-refractivity contribution in [3.63, 3.8) is 0 Å². The van der Waals surface area contributed by atoms with Crippen LogP contribution in [0.4, 0.5) is 0 Å². The number of benzene rings is 1. The Bertz CT molecular complexity index is 567. The predicted octanol–water partition coefficient (Wildman–Crippen LogP) is 2.84. The topological polar surface area (TPSA) is 59.6 Å². The van der Waals surface area contributed by atoms with Gasteiger partial charge in [0.25, 0.3) is 0 Å². The van der Waals surface area contributed by atoms with Gasteiger partial charge < -0.3 is 20.1 Å². The van der Waals surface area contributed by atoms with Crippen LogP contribution in [0.15, 0.2) is 18.2 Å². The van der Waals surface area contributed by atoms with E-state index in [0.29, 0.717) is 19.3 Å². The fourth-order valence-electron chi connectivity index (χ4n) is 3.36. The van der Waals surface area contributed by atoms with E-state index in [1.165, 1.54) is 0 Å². The van der Waals surface area contributed by atoms with Gasteiger partial charge in [0.05, 0.1) is 6.04 Å². The molecular formula is C18H27ClN2O3. The van der Waals surface area contributed by atoms with Crippen LogP contribution in [0.25, 0.3) is 0 Å². The number of hydrogen-bond acceptors (Lipinski definition) is 4. The first-order chi connectivity index (χ1) is 11.2. The van der Waals surface area contributed by atoms with Gasteiger partial charge in [-0.1, -0.05) is 13.0 Å². The van der Waals surface area contributed by atoms with E-state index in [1.807, 2.05) is 18.2 Å². The smallest absolute Gasteiger partial charge is 0.223 e. The van der Waals surface area contributed by atoms with E-state index in [0.717, 1.165) is 42.9 Å². The molecule has 1 unspecified atom stereocenters.